The van der Waals surface area contributed by atoms with Gasteiger partial charge in [-0.05, 0) is 18.5 Å². The Kier molecular flexibility index (Phi) is 8.38. The van der Waals surface area contributed by atoms with Crippen molar-refractivity contribution in [3.05, 3.63) is 35.9 Å². The maximum absolute atomic E-state index is 12.3. The Morgan fingerprint density at radius 1 is 1.09 bits per heavy atom. The predicted molar refractivity (Wildman–Crippen MR) is 87.2 cm³/mol. The molecule has 0 heterocycles. The summed E-state index contributed by atoms with van der Waals surface area (Å²) in [7, 11) is 0. The van der Waals surface area contributed by atoms with Gasteiger partial charge in [0.05, 0.1) is 13.1 Å². The lowest BCUT2D eigenvalue weighted by atomic mass is 10.2. The summed E-state index contributed by atoms with van der Waals surface area (Å²) in [5.41, 5.74) is 6.53. The highest BCUT2D eigenvalue weighted by Crippen LogP contribution is 2.05. The van der Waals surface area contributed by atoms with Gasteiger partial charge < -0.3 is 21.3 Å². The Morgan fingerprint density at radius 2 is 1.78 bits per heavy atom. The molecule has 0 radical (unpaired) electrons. The summed E-state index contributed by atoms with van der Waals surface area (Å²) < 4.78 is 0. The van der Waals surface area contributed by atoms with Crippen LogP contribution >= 0.6 is 0 Å². The van der Waals surface area contributed by atoms with Crippen LogP contribution in [0.25, 0.3) is 0 Å². The highest BCUT2D eigenvalue weighted by atomic mass is 16.2. The van der Waals surface area contributed by atoms with Crippen molar-refractivity contribution in [3.8, 4) is 0 Å². The number of nitrogens with zero attached hydrogens (tertiary/aromatic N) is 1. The average Bonchev–Trinajstić information content (AvgIpc) is 2.55. The number of nitrogens with one attached hydrogen (secondary N) is 2. The van der Waals surface area contributed by atoms with E-state index in [2.05, 4.69) is 10.6 Å². The van der Waals surface area contributed by atoms with E-state index in [4.69, 9.17) is 5.73 Å². The highest BCUT2D eigenvalue weighted by molar-refractivity contribution is 5.87. The second-order valence-electron chi connectivity index (χ2n) is 5.13. The Labute approximate surface area is 136 Å². The third-order valence-electron chi connectivity index (χ3n) is 3.14. The zero-order valence-corrected chi connectivity index (χ0v) is 13.4. The molecule has 0 aliphatic heterocycles. The first-order chi connectivity index (χ1) is 11.0. The van der Waals surface area contributed by atoms with Crippen molar-refractivity contribution in [1.82, 2.24) is 15.5 Å². The van der Waals surface area contributed by atoms with Gasteiger partial charge >= 0.3 is 0 Å². The van der Waals surface area contributed by atoms with Crippen LogP contribution in [0, 0.1) is 0 Å². The van der Waals surface area contributed by atoms with Crippen LogP contribution in [-0.2, 0) is 20.9 Å². The van der Waals surface area contributed by atoms with Crippen molar-refractivity contribution in [2.75, 3.05) is 26.2 Å². The van der Waals surface area contributed by atoms with Crippen LogP contribution in [0.4, 0.5) is 0 Å². The van der Waals surface area contributed by atoms with E-state index in [1.54, 1.807) is 4.90 Å². The molecular weight excluding hydrogens is 296 g/mol. The molecule has 0 saturated carbocycles. The number of rotatable bonds is 9. The van der Waals surface area contributed by atoms with Crippen LogP contribution in [0.1, 0.15) is 18.9 Å². The van der Waals surface area contributed by atoms with Crippen LogP contribution < -0.4 is 16.4 Å². The molecule has 0 spiro atoms. The van der Waals surface area contributed by atoms with Gasteiger partial charge in [0.2, 0.25) is 17.7 Å². The molecule has 0 aliphatic rings. The van der Waals surface area contributed by atoms with Gasteiger partial charge in [-0.3, -0.25) is 14.4 Å². The van der Waals surface area contributed by atoms with Gasteiger partial charge in [-0.1, -0.05) is 30.3 Å². The molecule has 3 amide bonds. The molecule has 0 saturated heterocycles. The SMILES string of the molecule is CC(=O)NCC(=O)NCC(=O)N(CCCN)Cc1ccccc1. The van der Waals surface area contributed by atoms with Crippen molar-refractivity contribution >= 4 is 17.7 Å². The number of carbonyl (C=O) groups excluding carboxylic acids is 3. The van der Waals surface area contributed by atoms with Crippen molar-refractivity contribution < 1.29 is 14.4 Å². The molecule has 1 rings (SSSR count). The summed E-state index contributed by atoms with van der Waals surface area (Å²) in [6.07, 6.45) is 0.693. The molecule has 23 heavy (non-hydrogen) atoms. The fourth-order valence-corrected chi connectivity index (χ4v) is 1.93. The smallest absolute Gasteiger partial charge is 0.242 e. The normalized spacial score (nSPS) is 10.0. The third-order valence-corrected chi connectivity index (χ3v) is 3.14. The fraction of sp³-hybridized carbons (Fsp3) is 0.438. The molecule has 0 aliphatic carbocycles. The summed E-state index contributed by atoms with van der Waals surface area (Å²) in [5, 5.41) is 4.88. The van der Waals surface area contributed by atoms with Gasteiger partial charge in [0.1, 0.15) is 0 Å². The van der Waals surface area contributed by atoms with Crippen LogP contribution in [0.15, 0.2) is 30.3 Å². The van der Waals surface area contributed by atoms with E-state index < -0.39 is 5.91 Å². The molecule has 7 heteroatoms. The number of amides is 3. The lowest BCUT2D eigenvalue weighted by Crippen LogP contribution is -2.43. The number of hydrogen-bond acceptors (Lipinski definition) is 4. The Balaban J connectivity index is 2.51. The topological polar surface area (TPSA) is 105 Å². The van der Waals surface area contributed by atoms with Gasteiger partial charge in [-0.15, -0.1) is 0 Å². The minimum absolute atomic E-state index is 0.101. The summed E-state index contributed by atoms with van der Waals surface area (Å²) in [6, 6.07) is 9.63. The molecule has 7 nitrogen and oxygen atoms in total. The monoisotopic (exact) mass is 320 g/mol. The summed E-state index contributed by atoms with van der Waals surface area (Å²) in [6.45, 7) is 2.59. The van der Waals surface area contributed by atoms with E-state index in [1.165, 1.54) is 6.92 Å². The van der Waals surface area contributed by atoms with E-state index >= 15 is 0 Å². The first-order valence-electron chi connectivity index (χ1n) is 7.56. The fourth-order valence-electron chi connectivity index (χ4n) is 1.93. The second-order valence-corrected chi connectivity index (χ2v) is 5.13. The van der Waals surface area contributed by atoms with Crippen LogP contribution in [0.2, 0.25) is 0 Å². The molecule has 0 unspecified atom stereocenters. The molecule has 1 aromatic carbocycles. The minimum atomic E-state index is -0.396. The molecule has 0 aromatic heterocycles. The largest absolute Gasteiger partial charge is 0.347 e. The first-order valence-corrected chi connectivity index (χ1v) is 7.56. The maximum atomic E-state index is 12.3. The predicted octanol–water partition coefficient (Wildman–Crippen LogP) is -0.384. The van der Waals surface area contributed by atoms with E-state index in [9.17, 15) is 14.4 Å². The molecule has 4 N–H and O–H groups in total. The maximum Gasteiger partial charge on any atom is 0.242 e. The quantitative estimate of drug-likeness (QED) is 0.576. The van der Waals surface area contributed by atoms with Crippen LogP contribution in [0.5, 0.6) is 0 Å². The number of nitrogens with two attached hydrogens (primary N) is 1. The van der Waals surface area contributed by atoms with Gasteiger partial charge in [0, 0.05) is 20.0 Å². The molecule has 126 valence electrons. The van der Waals surface area contributed by atoms with E-state index in [0.717, 1.165) is 5.56 Å². The van der Waals surface area contributed by atoms with Crippen molar-refractivity contribution in [3.63, 3.8) is 0 Å². The first kappa shape index (κ1) is 18.6. The van der Waals surface area contributed by atoms with Gasteiger partial charge in [0.25, 0.3) is 0 Å². The molecule has 0 bridgehead atoms. The minimum Gasteiger partial charge on any atom is -0.347 e. The van der Waals surface area contributed by atoms with E-state index in [-0.39, 0.29) is 24.9 Å². The van der Waals surface area contributed by atoms with E-state index in [1.807, 2.05) is 30.3 Å². The third kappa shape index (κ3) is 7.96. The summed E-state index contributed by atoms with van der Waals surface area (Å²) in [5.74, 6) is -0.870. The number of benzene rings is 1. The van der Waals surface area contributed by atoms with Crippen molar-refractivity contribution in [2.24, 2.45) is 5.73 Å². The van der Waals surface area contributed by atoms with Crippen molar-refractivity contribution in [1.29, 1.82) is 0 Å². The lowest BCUT2D eigenvalue weighted by molar-refractivity contribution is -0.133. The molecule has 1 aromatic rings. The van der Waals surface area contributed by atoms with Gasteiger partial charge in [-0.2, -0.15) is 0 Å². The van der Waals surface area contributed by atoms with Crippen LogP contribution in [-0.4, -0.2) is 48.8 Å². The summed E-state index contributed by atoms with van der Waals surface area (Å²) >= 11 is 0. The average molecular weight is 320 g/mol. The zero-order chi connectivity index (χ0) is 17.1. The molecule has 0 atom stereocenters. The molecule has 0 fully saturated rings. The molecular formula is C16H24N4O3. The number of carbonyl (C=O) groups is 3. The number of hydrogen-bond donors (Lipinski definition) is 3. The van der Waals surface area contributed by atoms with Crippen molar-refractivity contribution in [2.45, 2.75) is 19.9 Å². The standard InChI is InChI=1S/C16H24N4O3/c1-13(21)18-10-15(22)19-11-16(23)20(9-5-8-17)12-14-6-3-2-4-7-14/h2-4,6-7H,5,8-12,17H2,1H3,(H,18,21)(H,19,22). The Hall–Kier alpha value is -2.41. The summed E-state index contributed by atoms with van der Waals surface area (Å²) in [4.78, 5) is 36.2. The van der Waals surface area contributed by atoms with Crippen LogP contribution in [0.3, 0.4) is 0 Å². The van der Waals surface area contributed by atoms with Gasteiger partial charge in [-0.25, -0.2) is 0 Å². The zero-order valence-electron chi connectivity index (χ0n) is 13.4. The highest BCUT2D eigenvalue weighted by Gasteiger charge is 2.14. The lowest BCUT2D eigenvalue weighted by Gasteiger charge is -2.23. The Morgan fingerprint density at radius 3 is 2.39 bits per heavy atom. The van der Waals surface area contributed by atoms with Gasteiger partial charge in [0.15, 0.2) is 0 Å². The Bertz CT molecular complexity index is 519. The second kappa shape index (κ2) is 10.3. The van der Waals surface area contributed by atoms with E-state index in [0.29, 0.717) is 26.1 Å².